The van der Waals surface area contributed by atoms with Gasteiger partial charge < -0.3 is 0 Å². The molecule has 18 heavy (non-hydrogen) atoms. The van der Waals surface area contributed by atoms with Crippen LogP contribution in [0.2, 0.25) is 5.02 Å². The lowest BCUT2D eigenvalue weighted by atomic mass is 10.1. The van der Waals surface area contributed by atoms with Gasteiger partial charge in [-0.15, -0.1) is 0 Å². The second kappa shape index (κ2) is 5.24. The van der Waals surface area contributed by atoms with E-state index < -0.39 is 0 Å². The van der Waals surface area contributed by atoms with Gasteiger partial charge >= 0.3 is 0 Å². The van der Waals surface area contributed by atoms with Gasteiger partial charge in [0.2, 0.25) is 0 Å². The maximum Gasteiger partial charge on any atom is 0.169 e. The summed E-state index contributed by atoms with van der Waals surface area (Å²) in [5.41, 5.74) is 2.40. The molecule has 94 valence electrons. The normalized spacial score (nSPS) is 10.7. The molecule has 0 aliphatic carbocycles. The molecule has 0 bridgehead atoms. The summed E-state index contributed by atoms with van der Waals surface area (Å²) in [5.74, 6) is 0.0207. The van der Waals surface area contributed by atoms with Crippen molar-refractivity contribution in [2.24, 2.45) is 7.05 Å². The van der Waals surface area contributed by atoms with Gasteiger partial charge in [0, 0.05) is 27.8 Å². The predicted octanol–water partition coefficient (Wildman–Crippen LogP) is 3.57. The van der Waals surface area contributed by atoms with E-state index in [0.29, 0.717) is 17.0 Å². The quantitative estimate of drug-likeness (QED) is 0.808. The Bertz CT molecular complexity index is 607. The van der Waals surface area contributed by atoms with Gasteiger partial charge in [-0.25, -0.2) is 0 Å². The first-order chi connectivity index (χ1) is 8.47. The zero-order valence-electron chi connectivity index (χ0n) is 10.1. The first-order valence-electron chi connectivity index (χ1n) is 5.45. The van der Waals surface area contributed by atoms with E-state index in [9.17, 15) is 4.79 Å². The van der Waals surface area contributed by atoms with E-state index in [1.165, 1.54) is 0 Å². The lowest BCUT2D eigenvalue weighted by molar-refractivity contribution is 0.0990. The number of nitrogens with zero attached hydrogens (tertiary/aromatic N) is 2. The largest absolute Gasteiger partial charge is 0.294 e. The van der Waals surface area contributed by atoms with Crippen LogP contribution in [0.1, 0.15) is 21.7 Å². The Balaban J connectivity index is 2.27. The molecule has 1 aromatic heterocycles. The standard InChI is InChI=1S/C13H12BrClN2O/c1-8-5-10(17(2)16-8)7-13(18)11-6-9(15)3-4-12(11)14/h3-6H,7H2,1-2H3. The van der Waals surface area contributed by atoms with E-state index in [-0.39, 0.29) is 5.78 Å². The average Bonchev–Trinajstić information content (AvgIpc) is 2.61. The van der Waals surface area contributed by atoms with Crippen LogP contribution in [0, 0.1) is 6.92 Å². The number of aryl methyl sites for hydroxylation is 2. The number of hydrogen-bond donors (Lipinski definition) is 0. The zero-order chi connectivity index (χ0) is 13.3. The van der Waals surface area contributed by atoms with Crippen molar-refractivity contribution in [3.05, 3.63) is 50.7 Å². The van der Waals surface area contributed by atoms with Gasteiger partial charge in [-0.2, -0.15) is 5.10 Å². The molecule has 0 amide bonds. The van der Waals surface area contributed by atoms with E-state index in [1.54, 1.807) is 22.9 Å². The maximum atomic E-state index is 12.2. The number of Topliss-reactive ketones (excluding diaryl/α,β-unsaturated/α-hetero) is 1. The number of aromatic nitrogens is 2. The minimum absolute atomic E-state index is 0.0207. The first-order valence-corrected chi connectivity index (χ1v) is 6.62. The van der Waals surface area contributed by atoms with Crippen LogP contribution in [0.25, 0.3) is 0 Å². The predicted molar refractivity (Wildman–Crippen MR) is 75.1 cm³/mol. The molecule has 2 rings (SSSR count). The molecule has 0 radical (unpaired) electrons. The van der Waals surface area contributed by atoms with Gasteiger partial charge in [0.1, 0.15) is 0 Å². The molecule has 0 atom stereocenters. The summed E-state index contributed by atoms with van der Waals surface area (Å²) in [6, 6.07) is 7.12. The molecule has 2 aromatic rings. The number of ketones is 1. The summed E-state index contributed by atoms with van der Waals surface area (Å²) in [5, 5.41) is 4.78. The van der Waals surface area contributed by atoms with Crippen molar-refractivity contribution in [3.63, 3.8) is 0 Å². The van der Waals surface area contributed by atoms with Gasteiger partial charge in [-0.05, 0) is 31.2 Å². The smallest absolute Gasteiger partial charge is 0.169 e. The van der Waals surface area contributed by atoms with E-state index in [4.69, 9.17) is 11.6 Å². The van der Waals surface area contributed by atoms with Gasteiger partial charge in [0.05, 0.1) is 12.1 Å². The number of benzene rings is 1. The number of halogens is 2. The molecule has 0 spiro atoms. The molecule has 0 unspecified atom stereocenters. The SMILES string of the molecule is Cc1cc(CC(=O)c2cc(Cl)ccc2Br)n(C)n1. The minimum Gasteiger partial charge on any atom is -0.294 e. The van der Waals surface area contributed by atoms with Gasteiger partial charge in [-0.3, -0.25) is 9.48 Å². The Labute approximate surface area is 119 Å². The Morgan fingerprint density at radius 3 is 2.78 bits per heavy atom. The molecule has 1 aromatic carbocycles. The maximum absolute atomic E-state index is 12.2. The Morgan fingerprint density at radius 1 is 1.44 bits per heavy atom. The Morgan fingerprint density at radius 2 is 2.17 bits per heavy atom. The minimum atomic E-state index is 0.0207. The van der Waals surface area contributed by atoms with Crippen molar-refractivity contribution in [1.82, 2.24) is 9.78 Å². The lowest BCUT2D eigenvalue weighted by Crippen LogP contribution is -2.08. The zero-order valence-corrected chi connectivity index (χ0v) is 12.4. The van der Waals surface area contributed by atoms with Crippen LogP contribution >= 0.6 is 27.5 Å². The second-order valence-corrected chi connectivity index (χ2v) is 5.42. The van der Waals surface area contributed by atoms with E-state index >= 15 is 0 Å². The lowest BCUT2D eigenvalue weighted by Gasteiger charge is -2.05. The highest BCUT2D eigenvalue weighted by molar-refractivity contribution is 9.10. The molecule has 1 heterocycles. The Hall–Kier alpha value is -1.13. The van der Waals surface area contributed by atoms with Crippen LogP contribution in [0.4, 0.5) is 0 Å². The van der Waals surface area contributed by atoms with Crippen molar-refractivity contribution < 1.29 is 4.79 Å². The van der Waals surface area contributed by atoms with E-state index in [0.717, 1.165) is 15.9 Å². The van der Waals surface area contributed by atoms with Crippen molar-refractivity contribution in [2.75, 3.05) is 0 Å². The van der Waals surface area contributed by atoms with Crippen LogP contribution in [-0.4, -0.2) is 15.6 Å². The van der Waals surface area contributed by atoms with Gasteiger partial charge in [0.25, 0.3) is 0 Å². The van der Waals surface area contributed by atoms with Gasteiger partial charge in [0.15, 0.2) is 5.78 Å². The number of hydrogen-bond acceptors (Lipinski definition) is 2. The molecule has 5 heteroatoms. The molecule has 0 aliphatic rings. The van der Waals surface area contributed by atoms with Crippen molar-refractivity contribution in [3.8, 4) is 0 Å². The highest BCUT2D eigenvalue weighted by atomic mass is 79.9. The summed E-state index contributed by atoms with van der Waals surface area (Å²) in [6.45, 7) is 1.91. The third-order valence-corrected chi connectivity index (χ3v) is 3.60. The highest BCUT2D eigenvalue weighted by Gasteiger charge is 2.14. The van der Waals surface area contributed by atoms with Crippen molar-refractivity contribution in [1.29, 1.82) is 0 Å². The van der Waals surface area contributed by atoms with Crippen LogP contribution in [-0.2, 0) is 13.5 Å². The second-order valence-electron chi connectivity index (χ2n) is 4.12. The summed E-state index contributed by atoms with van der Waals surface area (Å²) in [4.78, 5) is 12.2. The monoisotopic (exact) mass is 326 g/mol. The number of rotatable bonds is 3. The number of carbonyl (C=O) groups is 1. The topological polar surface area (TPSA) is 34.9 Å². The van der Waals surface area contributed by atoms with E-state index in [2.05, 4.69) is 21.0 Å². The molecular weight excluding hydrogens is 316 g/mol. The van der Waals surface area contributed by atoms with E-state index in [1.807, 2.05) is 20.0 Å². The van der Waals surface area contributed by atoms with Crippen LogP contribution in [0.5, 0.6) is 0 Å². The summed E-state index contributed by atoms with van der Waals surface area (Å²) >= 11 is 9.27. The molecule has 0 fully saturated rings. The summed E-state index contributed by atoms with van der Waals surface area (Å²) in [6.07, 6.45) is 0.316. The fourth-order valence-corrected chi connectivity index (χ4v) is 2.44. The van der Waals surface area contributed by atoms with Crippen LogP contribution < -0.4 is 0 Å². The van der Waals surface area contributed by atoms with Crippen molar-refractivity contribution in [2.45, 2.75) is 13.3 Å². The van der Waals surface area contributed by atoms with Crippen LogP contribution in [0.3, 0.4) is 0 Å². The average molecular weight is 328 g/mol. The Kier molecular flexibility index (Phi) is 3.88. The molecule has 3 nitrogen and oxygen atoms in total. The molecule has 0 aliphatic heterocycles. The molecule has 0 saturated carbocycles. The van der Waals surface area contributed by atoms with Crippen LogP contribution in [0.15, 0.2) is 28.7 Å². The summed E-state index contributed by atoms with van der Waals surface area (Å²) in [7, 11) is 1.84. The molecule has 0 N–H and O–H groups in total. The third-order valence-electron chi connectivity index (χ3n) is 2.67. The third kappa shape index (κ3) is 2.82. The molecule has 0 saturated heterocycles. The number of carbonyl (C=O) groups excluding carboxylic acids is 1. The first kappa shape index (κ1) is 13.3. The fraction of sp³-hybridized carbons (Fsp3) is 0.231. The van der Waals surface area contributed by atoms with Crippen molar-refractivity contribution >= 4 is 33.3 Å². The fourth-order valence-electron chi connectivity index (χ4n) is 1.80. The van der Waals surface area contributed by atoms with Gasteiger partial charge in [-0.1, -0.05) is 27.5 Å². The molecular formula is C13H12BrClN2O. The summed E-state index contributed by atoms with van der Waals surface area (Å²) < 4.78 is 2.49. The highest BCUT2D eigenvalue weighted by Crippen LogP contribution is 2.22.